The Kier molecular flexibility index (Phi) is 4.18. The van der Waals surface area contributed by atoms with Crippen molar-refractivity contribution in [3.05, 3.63) is 11.6 Å². The van der Waals surface area contributed by atoms with E-state index in [1.807, 2.05) is 17.9 Å². The first-order valence-corrected chi connectivity index (χ1v) is 5.62. The lowest BCUT2D eigenvalue weighted by Crippen LogP contribution is -2.37. The summed E-state index contributed by atoms with van der Waals surface area (Å²) in [4.78, 5) is 14.0. The Labute approximate surface area is 87.0 Å². The predicted molar refractivity (Wildman–Crippen MR) is 59.0 cm³/mol. The number of allylic oxidation sites excluding steroid dienone is 1. The summed E-state index contributed by atoms with van der Waals surface area (Å²) in [7, 11) is 0. The van der Waals surface area contributed by atoms with Crippen molar-refractivity contribution in [3.63, 3.8) is 0 Å². The van der Waals surface area contributed by atoms with E-state index in [1.165, 1.54) is 19.3 Å². The molecule has 0 spiro atoms. The number of nitrogens with zero attached hydrogens (tertiary/aromatic N) is 1. The minimum Gasteiger partial charge on any atom is -0.339 e. The normalized spacial score (nSPS) is 18.9. The smallest absolute Gasteiger partial charge is 0.249 e. The van der Waals surface area contributed by atoms with Crippen LogP contribution in [0.4, 0.5) is 0 Å². The first-order valence-electron chi connectivity index (χ1n) is 5.62. The molecule has 0 saturated carbocycles. The molecule has 1 fully saturated rings. The van der Waals surface area contributed by atoms with Gasteiger partial charge in [0.2, 0.25) is 5.91 Å². The molecule has 2 heteroatoms. The molecule has 1 saturated heterocycles. The Morgan fingerprint density at radius 3 is 2.21 bits per heavy atom. The maximum atomic E-state index is 12.0. The van der Waals surface area contributed by atoms with Crippen molar-refractivity contribution in [2.24, 2.45) is 5.92 Å². The van der Waals surface area contributed by atoms with Gasteiger partial charge >= 0.3 is 0 Å². The molecule has 0 atom stereocenters. The van der Waals surface area contributed by atoms with Crippen LogP contribution in [0.2, 0.25) is 0 Å². The molecule has 0 aromatic rings. The molecule has 0 radical (unpaired) electrons. The topological polar surface area (TPSA) is 20.3 Å². The second-order valence-electron chi connectivity index (χ2n) is 4.25. The van der Waals surface area contributed by atoms with Gasteiger partial charge in [-0.15, -0.1) is 0 Å². The summed E-state index contributed by atoms with van der Waals surface area (Å²) in [5.41, 5.74) is 0.965. The number of hydrogen-bond acceptors (Lipinski definition) is 1. The maximum absolute atomic E-state index is 12.0. The fourth-order valence-corrected chi connectivity index (χ4v) is 1.98. The average molecular weight is 195 g/mol. The Morgan fingerprint density at radius 1 is 1.21 bits per heavy atom. The number of rotatable bonds is 2. The van der Waals surface area contributed by atoms with Gasteiger partial charge < -0.3 is 4.90 Å². The van der Waals surface area contributed by atoms with Gasteiger partial charge in [-0.25, -0.2) is 0 Å². The van der Waals surface area contributed by atoms with E-state index in [2.05, 4.69) is 13.8 Å². The minimum atomic E-state index is 0.252. The highest BCUT2D eigenvalue weighted by atomic mass is 16.2. The van der Waals surface area contributed by atoms with Crippen LogP contribution in [0.3, 0.4) is 0 Å². The van der Waals surface area contributed by atoms with Gasteiger partial charge in [0, 0.05) is 18.7 Å². The third-order valence-electron chi connectivity index (χ3n) is 2.82. The molecule has 0 bridgehead atoms. The van der Waals surface area contributed by atoms with Crippen LogP contribution >= 0.6 is 0 Å². The largest absolute Gasteiger partial charge is 0.339 e. The quantitative estimate of drug-likeness (QED) is 0.620. The number of hydrogen-bond donors (Lipinski definition) is 0. The van der Waals surface area contributed by atoms with E-state index in [4.69, 9.17) is 0 Å². The summed E-state index contributed by atoms with van der Waals surface area (Å²) in [6, 6.07) is 0. The van der Waals surface area contributed by atoms with Crippen LogP contribution in [0.25, 0.3) is 0 Å². The lowest BCUT2D eigenvalue weighted by molar-refractivity contribution is -0.128. The van der Waals surface area contributed by atoms with Crippen LogP contribution in [0.15, 0.2) is 11.6 Å². The Morgan fingerprint density at radius 2 is 1.79 bits per heavy atom. The van der Waals surface area contributed by atoms with E-state index >= 15 is 0 Å². The van der Waals surface area contributed by atoms with Crippen molar-refractivity contribution >= 4 is 5.91 Å². The summed E-state index contributed by atoms with van der Waals surface area (Å²) < 4.78 is 0. The van der Waals surface area contributed by atoms with Gasteiger partial charge in [0.25, 0.3) is 0 Å². The summed E-state index contributed by atoms with van der Waals surface area (Å²) in [6.45, 7) is 8.01. The molecule has 1 aliphatic heterocycles. The van der Waals surface area contributed by atoms with Crippen LogP contribution in [-0.4, -0.2) is 23.9 Å². The second-order valence-corrected chi connectivity index (χ2v) is 4.25. The monoisotopic (exact) mass is 195 g/mol. The molecule has 0 aliphatic carbocycles. The second kappa shape index (κ2) is 5.18. The van der Waals surface area contributed by atoms with Crippen molar-refractivity contribution in [2.45, 2.75) is 40.0 Å². The molecule has 1 amide bonds. The Hall–Kier alpha value is -0.790. The van der Waals surface area contributed by atoms with Crippen molar-refractivity contribution in [1.82, 2.24) is 4.90 Å². The van der Waals surface area contributed by atoms with Gasteiger partial charge in [-0.3, -0.25) is 4.79 Å². The van der Waals surface area contributed by atoms with Crippen LogP contribution in [0.5, 0.6) is 0 Å². The van der Waals surface area contributed by atoms with Crippen molar-refractivity contribution in [1.29, 1.82) is 0 Å². The van der Waals surface area contributed by atoms with Gasteiger partial charge in [-0.05, 0) is 32.1 Å². The van der Waals surface area contributed by atoms with Crippen molar-refractivity contribution in [2.75, 3.05) is 13.1 Å². The zero-order valence-electron chi connectivity index (χ0n) is 9.55. The van der Waals surface area contributed by atoms with Crippen LogP contribution in [0, 0.1) is 5.92 Å². The molecule has 0 N–H and O–H groups in total. The lowest BCUT2D eigenvalue weighted by Gasteiger charge is -2.28. The highest BCUT2D eigenvalue weighted by molar-refractivity contribution is 5.93. The number of carbonyl (C=O) groups excluding carboxylic acids is 1. The van der Waals surface area contributed by atoms with E-state index in [1.54, 1.807) is 0 Å². The van der Waals surface area contributed by atoms with Crippen molar-refractivity contribution < 1.29 is 4.79 Å². The van der Waals surface area contributed by atoms with Gasteiger partial charge in [0.15, 0.2) is 0 Å². The highest BCUT2D eigenvalue weighted by Crippen LogP contribution is 2.16. The summed E-state index contributed by atoms with van der Waals surface area (Å²) in [5.74, 6) is 0.594. The molecule has 80 valence electrons. The van der Waals surface area contributed by atoms with Gasteiger partial charge in [0.05, 0.1) is 0 Å². The first-order chi connectivity index (χ1) is 6.66. The van der Waals surface area contributed by atoms with Gasteiger partial charge in [0.1, 0.15) is 0 Å². The van der Waals surface area contributed by atoms with Crippen molar-refractivity contribution in [3.8, 4) is 0 Å². The number of piperidine rings is 1. The maximum Gasteiger partial charge on any atom is 0.249 e. The van der Waals surface area contributed by atoms with Crippen LogP contribution < -0.4 is 0 Å². The Bertz CT molecular complexity index is 224. The molecule has 1 aliphatic rings. The zero-order valence-corrected chi connectivity index (χ0v) is 9.55. The Balaban J connectivity index is 2.62. The van der Waals surface area contributed by atoms with E-state index in [9.17, 15) is 4.79 Å². The van der Waals surface area contributed by atoms with E-state index in [0.29, 0.717) is 5.92 Å². The molecular formula is C12H21NO. The summed E-state index contributed by atoms with van der Waals surface area (Å²) in [5, 5.41) is 0. The third kappa shape index (κ3) is 2.60. The zero-order chi connectivity index (χ0) is 10.6. The molecule has 1 rings (SSSR count). The summed E-state index contributed by atoms with van der Waals surface area (Å²) in [6.07, 6.45) is 5.57. The minimum absolute atomic E-state index is 0.252. The molecule has 0 unspecified atom stereocenters. The lowest BCUT2D eigenvalue weighted by atomic mass is 10.0. The molecular weight excluding hydrogens is 174 g/mol. The standard InChI is InChI=1S/C12H21NO/c1-4-11(10(2)3)12(14)13-8-6-5-7-9-13/h4,10H,5-9H2,1-3H3/b11-4+. The average Bonchev–Trinajstić information content (AvgIpc) is 2.19. The molecule has 1 heterocycles. The molecule has 0 aromatic carbocycles. The van der Waals surface area contributed by atoms with Gasteiger partial charge in [-0.2, -0.15) is 0 Å². The van der Waals surface area contributed by atoms with Crippen LogP contribution in [0.1, 0.15) is 40.0 Å². The SMILES string of the molecule is C/C=C(/C(=O)N1CCCCC1)C(C)C. The molecule has 14 heavy (non-hydrogen) atoms. The first kappa shape index (κ1) is 11.3. The fourth-order valence-electron chi connectivity index (χ4n) is 1.98. The fraction of sp³-hybridized carbons (Fsp3) is 0.750. The van der Waals surface area contributed by atoms with E-state index < -0.39 is 0 Å². The van der Waals surface area contributed by atoms with E-state index in [0.717, 1.165) is 18.7 Å². The number of carbonyl (C=O) groups is 1. The highest BCUT2D eigenvalue weighted by Gasteiger charge is 2.20. The third-order valence-corrected chi connectivity index (χ3v) is 2.82. The van der Waals surface area contributed by atoms with Gasteiger partial charge in [-0.1, -0.05) is 19.9 Å². The number of amides is 1. The summed E-state index contributed by atoms with van der Waals surface area (Å²) >= 11 is 0. The molecule has 0 aromatic heterocycles. The van der Waals surface area contributed by atoms with Crippen LogP contribution in [-0.2, 0) is 4.79 Å². The predicted octanol–water partition coefficient (Wildman–Crippen LogP) is 2.60. The molecule has 2 nitrogen and oxygen atoms in total. The number of likely N-dealkylation sites (tertiary alicyclic amines) is 1. The van der Waals surface area contributed by atoms with E-state index in [-0.39, 0.29) is 5.91 Å².